The normalized spacial score (nSPS) is 37.6. The number of nitrogens with two attached hydrogens (primary N) is 1. The molecule has 0 aromatic carbocycles. The van der Waals surface area contributed by atoms with E-state index >= 15 is 0 Å². The SMILES string of the molecule is NC(c1nc(C2CC3CCC2O3)no1)C1CC1. The number of ether oxygens (including phenoxy) is 1. The van der Waals surface area contributed by atoms with Crippen molar-refractivity contribution in [1.29, 1.82) is 0 Å². The Balaban J connectivity index is 1.54. The minimum atomic E-state index is -0.0595. The lowest BCUT2D eigenvalue weighted by molar-refractivity contribution is 0.0996. The molecule has 2 bridgehead atoms. The molecule has 4 unspecified atom stereocenters. The van der Waals surface area contributed by atoms with Gasteiger partial charge < -0.3 is 15.0 Å². The number of nitrogens with zero attached hydrogens (tertiary/aromatic N) is 2. The van der Waals surface area contributed by atoms with E-state index in [-0.39, 0.29) is 6.04 Å². The Labute approximate surface area is 99.7 Å². The van der Waals surface area contributed by atoms with Crippen LogP contribution in [0.3, 0.4) is 0 Å². The van der Waals surface area contributed by atoms with Crippen LogP contribution in [0.4, 0.5) is 0 Å². The van der Waals surface area contributed by atoms with Gasteiger partial charge in [0, 0.05) is 0 Å². The summed E-state index contributed by atoms with van der Waals surface area (Å²) in [6, 6.07) is -0.0595. The highest BCUT2D eigenvalue weighted by Crippen LogP contribution is 2.44. The molecule has 92 valence electrons. The van der Waals surface area contributed by atoms with Gasteiger partial charge in [-0.2, -0.15) is 4.98 Å². The molecule has 0 spiro atoms. The molecule has 4 atom stereocenters. The zero-order valence-electron chi connectivity index (χ0n) is 9.71. The van der Waals surface area contributed by atoms with Gasteiger partial charge in [0.15, 0.2) is 5.82 Å². The number of fused-ring (bicyclic) bond motifs is 2. The Hall–Kier alpha value is -0.940. The van der Waals surface area contributed by atoms with E-state index in [4.69, 9.17) is 15.0 Å². The molecule has 2 aliphatic heterocycles. The Morgan fingerprint density at radius 3 is 2.76 bits per heavy atom. The molecule has 4 rings (SSSR count). The smallest absolute Gasteiger partial charge is 0.243 e. The fourth-order valence-corrected chi connectivity index (χ4v) is 3.10. The lowest BCUT2D eigenvalue weighted by Crippen LogP contribution is -2.16. The predicted molar refractivity (Wildman–Crippen MR) is 59.2 cm³/mol. The van der Waals surface area contributed by atoms with Crippen molar-refractivity contribution in [1.82, 2.24) is 10.1 Å². The predicted octanol–water partition coefficient (Wildman–Crippen LogP) is 1.51. The van der Waals surface area contributed by atoms with Crippen LogP contribution in [-0.4, -0.2) is 22.3 Å². The third kappa shape index (κ3) is 1.60. The van der Waals surface area contributed by atoms with E-state index in [1.165, 1.54) is 19.3 Å². The van der Waals surface area contributed by atoms with Crippen LogP contribution in [0, 0.1) is 5.92 Å². The highest BCUT2D eigenvalue weighted by Gasteiger charge is 2.44. The molecule has 1 aromatic heterocycles. The molecular weight excluding hydrogens is 218 g/mol. The zero-order valence-corrected chi connectivity index (χ0v) is 9.71. The van der Waals surface area contributed by atoms with E-state index in [1.54, 1.807) is 0 Å². The van der Waals surface area contributed by atoms with Crippen molar-refractivity contribution < 1.29 is 9.26 Å². The summed E-state index contributed by atoms with van der Waals surface area (Å²) in [6.45, 7) is 0. The number of rotatable bonds is 3. The molecule has 5 nitrogen and oxygen atoms in total. The van der Waals surface area contributed by atoms with Crippen molar-refractivity contribution in [3.8, 4) is 0 Å². The average molecular weight is 235 g/mol. The van der Waals surface area contributed by atoms with E-state index in [1.807, 2.05) is 0 Å². The van der Waals surface area contributed by atoms with Crippen molar-refractivity contribution in [3.63, 3.8) is 0 Å². The summed E-state index contributed by atoms with van der Waals surface area (Å²) < 4.78 is 11.1. The van der Waals surface area contributed by atoms with Gasteiger partial charge in [0.2, 0.25) is 5.89 Å². The molecule has 17 heavy (non-hydrogen) atoms. The fraction of sp³-hybridized carbons (Fsp3) is 0.833. The fourth-order valence-electron chi connectivity index (χ4n) is 3.10. The van der Waals surface area contributed by atoms with Crippen LogP contribution in [0.2, 0.25) is 0 Å². The number of hydrogen-bond acceptors (Lipinski definition) is 5. The summed E-state index contributed by atoms with van der Waals surface area (Å²) in [5, 5.41) is 4.10. The highest BCUT2D eigenvalue weighted by atomic mass is 16.5. The molecule has 1 aliphatic carbocycles. The lowest BCUT2D eigenvalue weighted by atomic mass is 9.89. The van der Waals surface area contributed by atoms with Crippen LogP contribution in [0.5, 0.6) is 0 Å². The van der Waals surface area contributed by atoms with E-state index in [2.05, 4.69) is 10.1 Å². The molecule has 3 aliphatic rings. The van der Waals surface area contributed by atoms with Gasteiger partial charge in [-0.25, -0.2) is 0 Å². The molecule has 2 saturated heterocycles. The second-order valence-corrected chi connectivity index (χ2v) is 5.57. The van der Waals surface area contributed by atoms with Gasteiger partial charge in [0.1, 0.15) is 0 Å². The Morgan fingerprint density at radius 2 is 2.12 bits per heavy atom. The second-order valence-electron chi connectivity index (χ2n) is 5.57. The minimum Gasteiger partial charge on any atom is -0.374 e. The van der Waals surface area contributed by atoms with E-state index in [0.29, 0.717) is 29.9 Å². The maximum absolute atomic E-state index is 6.06. The molecule has 1 aromatic rings. The van der Waals surface area contributed by atoms with Crippen LogP contribution in [0.15, 0.2) is 4.52 Å². The van der Waals surface area contributed by atoms with Crippen LogP contribution < -0.4 is 5.73 Å². The summed E-state index contributed by atoms with van der Waals surface area (Å²) in [5.74, 6) is 2.31. The zero-order chi connectivity index (χ0) is 11.4. The quantitative estimate of drug-likeness (QED) is 0.859. The molecular formula is C12H17N3O2. The highest BCUT2D eigenvalue weighted by molar-refractivity contribution is 5.08. The first-order valence-corrected chi connectivity index (χ1v) is 6.56. The van der Waals surface area contributed by atoms with Gasteiger partial charge in [-0.05, 0) is 38.0 Å². The van der Waals surface area contributed by atoms with E-state index in [0.717, 1.165) is 18.7 Å². The molecule has 3 fully saturated rings. The van der Waals surface area contributed by atoms with Crippen molar-refractivity contribution >= 4 is 0 Å². The van der Waals surface area contributed by atoms with Crippen molar-refractivity contribution in [2.24, 2.45) is 11.7 Å². The van der Waals surface area contributed by atoms with Gasteiger partial charge in [0.25, 0.3) is 0 Å². The Morgan fingerprint density at radius 1 is 1.24 bits per heavy atom. The largest absolute Gasteiger partial charge is 0.374 e. The maximum Gasteiger partial charge on any atom is 0.243 e. The third-order valence-electron chi connectivity index (χ3n) is 4.31. The van der Waals surface area contributed by atoms with Crippen molar-refractivity contribution in [3.05, 3.63) is 11.7 Å². The van der Waals surface area contributed by atoms with Crippen LogP contribution in [0.25, 0.3) is 0 Å². The monoisotopic (exact) mass is 235 g/mol. The summed E-state index contributed by atoms with van der Waals surface area (Å²) in [4.78, 5) is 4.49. The van der Waals surface area contributed by atoms with Gasteiger partial charge >= 0.3 is 0 Å². The number of aromatic nitrogens is 2. The summed E-state index contributed by atoms with van der Waals surface area (Å²) >= 11 is 0. The summed E-state index contributed by atoms with van der Waals surface area (Å²) in [6.07, 6.45) is 6.47. The van der Waals surface area contributed by atoms with Crippen LogP contribution in [-0.2, 0) is 4.74 Å². The molecule has 1 saturated carbocycles. The third-order valence-corrected chi connectivity index (χ3v) is 4.31. The minimum absolute atomic E-state index is 0.0595. The van der Waals surface area contributed by atoms with Gasteiger partial charge in [-0.1, -0.05) is 5.16 Å². The molecule has 3 heterocycles. The molecule has 2 N–H and O–H groups in total. The Kier molecular flexibility index (Phi) is 2.08. The van der Waals surface area contributed by atoms with Gasteiger partial charge in [-0.15, -0.1) is 0 Å². The van der Waals surface area contributed by atoms with E-state index in [9.17, 15) is 0 Å². The first-order chi connectivity index (χ1) is 8.31. The standard InChI is InChI=1S/C12H17N3O2/c13-10(6-1-2-6)12-14-11(15-17-12)8-5-7-3-4-9(8)16-7/h6-10H,1-5,13H2. The topological polar surface area (TPSA) is 74.2 Å². The molecule has 5 heteroatoms. The van der Waals surface area contributed by atoms with Crippen LogP contribution >= 0.6 is 0 Å². The van der Waals surface area contributed by atoms with E-state index < -0.39 is 0 Å². The first kappa shape index (κ1) is 10.0. The Bertz CT molecular complexity index is 429. The lowest BCUT2D eigenvalue weighted by Gasteiger charge is -2.13. The van der Waals surface area contributed by atoms with Gasteiger partial charge in [-0.3, -0.25) is 0 Å². The molecule has 0 amide bonds. The van der Waals surface area contributed by atoms with Gasteiger partial charge in [0.05, 0.1) is 24.2 Å². The number of hydrogen-bond donors (Lipinski definition) is 1. The molecule has 0 radical (unpaired) electrons. The summed E-state index contributed by atoms with van der Waals surface area (Å²) in [5.41, 5.74) is 6.06. The maximum atomic E-state index is 6.06. The average Bonchev–Trinajstić information content (AvgIpc) is 2.81. The summed E-state index contributed by atoms with van der Waals surface area (Å²) in [7, 11) is 0. The van der Waals surface area contributed by atoms with Crippen LogP contribution in [0.1, 0.15) is 55.8 Å². The second kappa shape index (κ2) is 3.53. The first-order valence-electron chi connectivity index (χ1n) is 6.56. The van der Waals surface area contributed by atoms with Crippen molar-refractivity contribution in [2.45, 2.75) is 56.3 Å². The van der Waals surface area contributed by atoms with Crippen molar-refractivity contribution in [2.75, 3.05) is 0 Å².